The number of aliphatic hydroxyl groups excluding tert-OH is 1. The van der Waals surface area contributed by atoms with Gasteiger partial charge in [-0.1, -0.05) is 24.4 Å². The molecule has 0 heterocycles. The van der Waals surface area contributed by atoms with E-state index in [9.17, 15) is 15.2 Å². The van der Waals surface area contributed by atoms with Gasteiger partial charge in [-0.05, 0) is 25.0 Å². The quantitative estimate of drug-likeness (QED) is 0.658. The largest absolute Gasteiger partial charge is 0.392 e. The lowest BCUT2D eigenvalue weighted by Gasteiger charge is -2.28. The maximum absolute atomic E-state index is 10.9. The Balaban J connectivity index is 2.05. The average molecular weight is 285 g/mol. The summed E-state index contributed by atoms with van der Waals surface area (Å²) in [5.41, 5.74) is 0.609. The van der Waals surface area contributed by atoms with Crippen molar-refractivity contribution in [2.24, 2.45) is 0 Å². The first-order valence-corrected chi connectivity index (χ1v) is 6.80. The summed E-state index contributed by atoms with van der Waals surface area (Å²) in [5, 5.41) is 24.5. The minimum Gasteiger partial charge on any atom is -0.392 e. The third kappa shape index (κ3) is 3.65. The van der Waals surface area contributed by atoms with Crippen molar-refractivity contribution in [3.8, 4) is 0 Å². The summed E-state index contributed by atoms with van der Waals surface area (Å²) in [7, 11) is 0. The monoisotopic (exact) mass is 284 g/mol. The van der Waals surface area contributed by atoms with Gasteiger partial charge in [-0.25, -0.2) is 0 Å². The molecule has 0 saturated heterocycles. The van der Waals surface area contributed by atoms with Crippen LogP contribution in [0.25, 0.3) is 0 Å². The Morgan fingerprint density at radius 1 is 1.42 bits per heavy atom. The molecule has 2 rings (SSSR count). The minimum absolute atomic E-state index is 0.00679. The topological polar surface area (TPSA) is 75.4 Å². The van der Waals surface area contributed by atoms with E-state index in [-0.39, 0.29) is 17.8 Å². The number of nitro benzene ring substituents is 1. The lowest BCUT2D eigenvalue weighted by molar-refractivity contribution is -0.385. The summed E-state index contributed by atoms with van der Waals surface area (Å²) in [5.74, 6) is 0. The zero-order valence-electron chi connectivity index (χ0n) is 10.5. The van der Waals surface area contributed by atoms with Gasteiger partial charge in [-0.15, -0.1) is 0 Å². The second-order valence-corrected chi connectivity index (χ2v) is 5.31. The number of benzene rings is 1. The highest BCUT2D eigenvalue weighted by Crippen LogP contribution is 2.24. The van der Waals surface area contributed by atoms with Crippen LogP contribution in [0, 0.1) is 10.1 Å². The van der Waals surface area contributed by atoms with Crippen LogP contribution in [0.1, 0.15) is 31.2 Å². The predicted octanol–water partition coefficient (Wildman–Crippen LogP) is 2.64. The first-order chi connectivity index (χ1) is 9.08. The van der Waals surface area contributed by atoms with Gasteiger partial charge in [0.15, 0.2) is 0 Å². The molecule has 1 saturated carbocycles. The van der Waals surface area contributed by atoms with E-state index in [1.165, 1.54) is 12.1 Å². The van der Waals surface area contributed by atoms with E-state index in [1.54, 1.807) is 6.07 Å². The average Bonchev–Trinajstić information content (AvgIpc) is 2.37. The number of nitrogens with one attached hydrogen (secondary N) is 1. The molecular formula is C13H17ClN2O3. The molecule has 6 heteroatoms. The summed E-state index contributed by atoms with van der Waals surface area (Å²) in [6.45, 7) is 0.346. The van der Waals surface area contributed by atoms with Gasteiger partial charge in [0.2, 0.25) is 0 Å². The molecule has 2 atom stereocenters. The van der Waals surface area contributed by atoms with Gasteiger partial charge in [0, 0.05) is 29.2 Å². The Labute approximate surface area is 116 Å². The van der Waals surface area contributed by atoms with E-state index in [4.69, 9.17) is 11.6 Å². The fraction of sp³-hybridized carbons (Fsp3) is 0.538. The highest BCUT2D eigenvalue weighted by atomic mass is 35.5. The SMILES string of the molecule is O=[N+]([O-])c1ccc(Cl)cc1CNC1CCCCC1O. The van der Waals surface area contributed by atoms with E-state index in [0.29, 0.717) is 17.1 Å². The van der Waals surface area contributed by atoms with Gasteiger partial charge < -0.3 is 10.4 Å². The summed E-state index contributed by atoms with van der Waals surface area (Å²) >= 11 is 5.87. The first kappa shape index (κ1) is 14.2. The Hall–Kier alpha value is -1.17. The van der Waals surface area contributed by atoms with Crippen LogP contribution in [0.2, 0.25) is 5.02 Å². The van der Waals surface area contributed by atoms with Gasteiger partial charge in [-0.2, -0.15) is 0 Å². The van der Waals surface area contributed by atoms with Crippen LogP contribution in [-0.4, -0.2) is 22.2 Å². The van der Waals surface area contributed by atoms with E-state index >= 15 is 0 Å². The second kappa shape index (κ2) is 6.32. The van der Waals surface area contributed by atoms with Crippen LogP contribution in [0.3, 0.4) is 0 Å². The van der Waals surface area contributed by atoms with Crippen molar-refractivity contribution in [3.63, 3.8) is 0 Å². The summed E-state index contributed by atoms with van der Waals surface area (Å²) in [4.78, 5) is 10.5. The number of aliphatic hydroxyl groups is 1. The highest BCUT2D eigenvalue weighted by molar-refractivity contribution is 6.30. The van der Waals surface area contributed by atoms with E-state index in [2.05, 4.69) is 5.32 Å². The van der Waals surface area contributed by atoms with Crippen LogP contribution in [0.5, 0.6) is 0 Å². The summed E-state index contributed by atoms with van der Waals surface area (Å²) in [6, 6.07) is 4.53. The van der Waals surface area contributed by atoms with Crippen molar-refractivity contribution in [1.82, 2.24) is 5.32 Å². The summed E-state index contributed by atoms with van der Waals surface area (Å²) in [6.07, 6.45) is 3.43. The molecule has 1 aliphatic rings. The molecule has 0 bridgehead atoms. The van der Waals surface area contributed by atoms with Crippen molar-refractivity contribution in [1.29, 1.82) is 0 Å². The molecule has 104 valence electrons. The number of halogens is 1. The highest BCUT2D eigenvalue weighted by Gasteiger charge is 2.23. The standard InChI is InChI=1S/C13H17ClN2O3/c14-10-5-6-12(16(18)19)9(7-10)8-15-11-3-1-2-4-13(11)17/h5-7,11,13,15,17H,1-4,8H2. The molecule has 0 radical (unpaired) electrons. The van der Waals surface area contributed by atoms with Crippen molar-refractivity contribution in [3.05, 3.63) is 38.9 Å². The van der Waals surface area contributed by atoms with Gasteiger partial charge in [0.1, 0.15) is 0 Å². The number of rotatable bonds is 4. The number of nitro groups is 1. The first-order valence-electron chi connectivity index (χ1n) is 6.42. The molecule has 1 aromatic rings. The third-order valence-corrected chi connectivity index (χ3v) is 3.76. The van der Waals surface area contributed by atoms with Crippen LogP contribution in [0.15, 0.2) is 18.2 Å². The van der Waals surface area contributed by atoms with E-state index < -0.39 is 4.92 Å². The van der Waals surface area contributed by atoms with Crippen LogP contribution < -0.4 is 5.32 Å². The number of hydrogen-bond donors (Lipinski definition) is 2. The minimum atomic E-state index is -0.412. The molecule has 2 N–H and O–H groups in total. The normalized spacial score (nSPS) is 23.3. The van der Waals surface area contributed by atoms with Crippen LogP contribution in [0.4, 0.5) is 5.69 Å². The van der Waals surface area contributed by atoms with Crippen LogP contribution >= 0.6 is 11.6 Å². The zero-order chi connectivity index (χ0) is 13.8. The van der Waals surface area contributed by atoms with Crippen molar-refractivity contribution >= 4 is 17.3 Å². The third-order valence-electron chi connectivity index (χ3n) is 3.52. The molecule has 0 aromatic heterocycles. The molecule has 0 amide bonds. The molecule has 0 aliphatic heterocycles. The van der Waals surface area contributed by atoms with Gasteiger partial charge in [0.05, 0.1) is 11.0 Å². The molecule has 1 fully saturated rings. The molecule has 19 heavy (non-hydrogen) atoms. The molecule has 1 aromatic carbocycles. The van der Waals surface area contributed by atoms with Gasteiger partial charge in [0.25, 0.3) is 5.69 Å². The smallest absolute Gasteiger partial charge is 0.273 e. The van der Waals surface area contributed by atoms with Crippen LogP contribution in [-0.2, 0) is 6.54 Å². The van der Waals surface area contributed by atoms with Crippen molar-refractivity contribution in [2.45, 2.75) is 44.4 Å². The summed E-state index contributed by atoms with van der Waals surface area (Å²) < 4.78 is 0. The number of hydrogen-bond acceptors (Lipinski definition) is 4. The molecule has 5 nitrogen and oxygen atoms in total. The lowest BCUT2D eigenvalue weighted by Crippen LogP contribution is -2.41. The van der Waals surface area contributed by atoms with E-state index in [1.807, 2.05) is 0 Å². The zero-order valence-corrected chi connectivity index (χ0v) is 11.3. The Morgan fingerprint density at radius 2 is 2.16 bits per heavy atom. The fourth-order valence-corrected chi connectivity index (χ4v) is 2.66. The molecule has 2 unspecified atom stereocenters. The molecule has 0 spiro atoms. The molecule has 1 aliphatic carbocycles. The fourth-order valence-electron chi connectivity index (χ4n) is 2.46. The Morgan fingerprint density at radius 3 is 2.84 bits per heavy atom. The van der Waals surface area contributed by atoms with Gasteiger partial charge in [-0.3, -0.25) is 10.1 Å². The Bertz CT molecular complexity index is 467. The predicted molar refractivity (Wildman–Crippen MR) is 73.2 cm³/mol. The maximum atomic E-state index is 10.9. The van der Waals surface area contributed by atoms with E-state index in [0.717, 1.165) is 25.7 Å². The van der Waals surface area contributed by atoms with Crippen molar-refractivity contribution in [2.75, 3.05) is 0 Å². The van der Waals surface area contributed by atoms with Gasteiger partial charge >= 0.3 is 0 Å². The Kier molecular flexibility index (Phi) is 4.74. The number of nitrogens with zero attached hydrogens (tertiary/aromatic N) is 1. The second-order valence-electron chi connectivity index (χ2n) is 4.87. The lowest BCUT2D eigenvalue weighted by atomic mass is 9.92. The maximum Gasteiger partial charge on any atom is 0.273 e. The van der Waals surface area contributed by atoms with Crippen molar-refractivity contribution < 1.29 is 10.0 Å². The molecular weight excluding hydrogens is 268 g/mol.